The van der Waals surface area contributed by atoms with Crippen LogP contribution in [0.5, 0.6) is 0 Å². The molecule has 3 N–H and O–H groups in total. The summed E-state index contributed by atoms with van der Waals surface area (Å²) in [5, 5.41) is 9.90. The number of piperidine rings is 1. The van der Waals surface area contributed by atoms with Gasteiger partial charge in [-0.1, -0.05) is 11.6 Å². The molecule has 1 atom stereocenters. The summed E-state index contributed by atoms with van der Waals surface area (Å²) in [7, 11) is 0. The summed E-state index contributed by atoms with van der Waals surface area (Å²) >= 11 is 5.99. The van der Waals surface area contributed by atoms with Crippen LogP contribution in [0.25, 0.3) is 0 Å². The zero-order chi connectivity index (χ0) is 12.4. The summed E-state index contributed by atoms with van der Waals surface area (Å²) in [5.74, 6) is -0.145. The monoisotopic (exact) mass is 254 g/mol. The summed E-state index contributed by atoms with van der Waals surface area (Å²) in [4.78, 5) is 13.8. The Morgan fingerprint density at radius 3 is 2.94 bits per heavy atom. The number of amides is 1. The fourth-order valence-electron chi connectivity index (χ4n) is 2.01. The first-order chi connectivity index (χ1) is 8.08. The molecule has 1 aromatic carbocycles. The van der Waals surface area contributed by atoms with Gasteiger partial charge in [-0.25, -0.2) is 0 Å². The zero-order valence-electron chi connectivity index (χ0n) is 9.40. The van der Waals surface area contributed by atoms with Gasteiger partial charge in [-0.2, -0.15) is 0 Å². The number of aliphatic hydroxyl groups excluding tert-OH is 1. The molecule has 0 unspecified atom stereocenters. The standard InChI is InChI=1S/C12H15ClN2O2/c13-11-6-8(14)3-4-10(11)12(17)15-5-1-2-9(16)7-15/h3-4,6,9,16H,1-2,5,7,14H2/t9-/m0/s1. The fraction of sp³-hybridized carbons (Fsp3) is 0.417. The molecule has 1 fully saturated rings. The van der Waals surface area contributed by atoms with Crippen LogP contribution in [0.2, 0.25) is 5.02 Å². The minimum atomic E-state index is -0.430. The molecule has 2 rings (SSSR count). The van der Waals surface area contributed by atoms with E-state index in [1.165, 1.54) is 0 Å². The minimum absolute atomic E-state index is 0.145. The summed E-state index contributed by atoms with van der Waals surface area (Å²) in [5.41, 5.74) is 6.55. The first-order valence-corrected chi connectivity index (χ1v) is 5.98. The van der Waals surface area contributed by atoms with Crippen molar-refractivity contribution in [1.29, 1.82) is 0 Å². The van der Waals surface area contributed by atoms with Crippen molar-refractivity contribution in [3.63, 3.8) is 0 Å². The number of likely N-dealkylation sites (tertiary alicyclic amines) is 1. The summed E-state index contributed by atoms with van der Waals surface area (Å²) < 4.78 is 0. The number of hydrogen-bond donors (Lipinski definition) is 2. The van der Waals surface area contributed by atoms with E-state index in [9.17, 15) is 9.90 Å². The molecular weight excluding hydrogens is 240 g/mol. The van der Waals surface area contributed by atoms with Gasteiger partial charge in [-0.05, 0) is 31.0 Å². The molecule has 0 aromatic heterocycles. The SMILES string of the molecule is Nc1ccc(C(=O)N2CCC[C@H](O)C2)c(Cl)c1. The molecule has 1 saturated heterocycles. The lowest BCUT2D eigenvalue weighted by molar-refractivity contribution is 0.0474. The number of carbonyl (C=O) groups excluding carboxylic acids is 1. The number of nitrogens with zero attached hydrogens (tertiary/aromatic N) is 1. The maximum atomic E-state index is 12.2. The number of nitrogen functional groups attached to an aromatic ring is 1. The van der Waals surface area contributed by atoms with Gasteiger partial charge in [-0.3, -0.25) is 4.79 Å². The van der Waals surface area contributed by atoms with Crippen molar-refractivity contribution in [2.45, 2.75) is 18.9 Å². The molecule has 92 valence electrons. The number of hydrogen-bond acceptors (Lipinski definition) is 3. The molecule has 17 heavy (non-hydrogen) atoms. The molecule has 0 aliphatic carbocycles. The minimum Gasteiger partial charge on any atom is -0.399 e. The van der Waals surface area contributed by atoms with Crippen molar-refractivity contribution < 1.29 is 9.90 Å². The Labute approximate surface area is 105 Å². The molecule has 0 radical (unpaired) electrons. The van der Waals surface area contributed by atoms with E-state index in [-0.39, 0.29) is 5.91 Å². The van der Waals surface area contributed by atoms with Crippen molar-refractivity contribution in [1.82, 2.24) is 4.90 Å². The first kappa shape index (κ1) is 12.2. The predicted octanol–water partition coefficient (Wildman–Crippen LogP) is 1.52. The smallest absolute Gasteiger partial charge is 0.255 e. The van der Waals surface area contributed by atoms with Crippen molar-refractivity contribution >= 4 is 23.2 Å². The average Bonchev–Trinajstić information content (AvgIpc) is 2.28. The Kier molecular flexibility index (Phi) is 3.54. The van der Waals surface area contributed by atoms with Crippen molar-refractivity contribution in [2.75, 3.05) is 18.8 Å². The van der Waals surface area contributed by atoms with Crippen molar-refractivity contribution in [3.05, 3.63) is 28.8 Å². The summed E-state index contributed by atoms with van der Waals surface area (Å²) in [6.07, 6.45) is 1.14. The number of anilines is 1. The molecule has 0 saturated carbocycles. The van der Waals surface area contributed by atoms with Crippen LogP contribution in [0.4, 0.5) is 5.69 Å². The number of rotatable bonds is 1. The highest BCUT2D eigenvalue weighted by atomic mass is 35.5. The van der Waals surface area contributed by atoms with Gasteiger partial charge in [-0.15, -0.1) is 0 Å². The topological polar surface area (TPSA) is 66.6 Å². The number of benzene rings is 1. The van der Waals surface area contributed by atoms with Gasteiger partial charge < -0.3 is 15.7 Å². The maximum absolute atomic E-state index is 12.2. The molecule has 1 amide bonds. The molecule has 0 bridgehead atoms. The fourth-order valence-corrected chi connectivity index (χ4v) is 2.28. The zero-order valence-corrected chi connectivity index (χ0v) is 10.2. The van der Waals surface area contributed by atoms with Gasteiger partial charge in [0.2, 0.25) is 0 Å². The predicted molar refractivity (Wildman–Crippen MR) is 67.0 cm³/mol. The third kappa shape index (κ3) is 2.70. The van der Waals surface area contributed by atoms with Crippen LogP contribution in [0, 0.1) is 0 Å². The van der Waals surface area contributed by atoms with E-state index in [1.807, 2.05) is 0 Å². The van der Waals surface area contributed by atoms with Crippen LogP contribution in [0.15, 0.2) is 18.2 Å². The molecule has 1 heterocycles. The lowest BCUT2D eigenvalue weighted by Crippen LogP contribution is -2.42. The van der Waals surface area contributed by atoms with E-state index in [1.54, 1.807) is 23.1 Å². The Morgan fingerprint density at radius 2 is 2.29 bits per heavy atom. The van der Waals surface area contributed by atoms with E-state index in [0.29, 0.717) is 29.4 Å². The summed E-state index contributed by atoms with van der Waals surface area (Å²) in [6.45, 7) is 1.04. The second-order valence-corrected chi connectivity index (χ2v) is 4.69. The van der Waals surface area contributed by atoms with E-state index >= 15 is 0 Å². The highest BCUT2D eigenvalue weighted by molar-refractivity contribution is 6.34. The molecule has 4 nitrogen and oxygen atoms in total. The molecule has 5 heteroatoms. The first-order valence-electron chi connectivity index (χ1n) is 5.60. The van der Waals surface area contributed by atoms with Gasteiger partial charge in [0, 0.05) is 18.8 Å². The molecule has 1 aromatic rings. The highest BCUT2D eigenvalue weighted by Gasteiger charge is 2.24. The van der Waals surface area contributed by atoms with Crippen molar-refractivity contribution in [2.24, 2.45) is 0 Å². The number of aliphatic hydroxyl groups is 1. The van der Waals surface area contributed by atoms with Gasteiger partial charge in [0.1, 0.15) is 0 Å². The Hall–Kier alpha value is -1.26. The highest BCUT2D eigenvalue weighted by Crippen LogP contribution is 2.22. The number of halogens is 1. The third-order valence-electron chi connectivity index (χ3n) is 2.91. The van der Waals surface area contributed by atoms with Crippen LogP contribution in [-0.4, -0.2) is 35.1 Å². The number of β-amino-alcohol motifs (C(OH)–C–C–N with tert-alkyl or cyclic N) is 1. The molecule has 0 spiro atoms. The lowest BCUT2D eigenvalue weighted by atomic mass is 10.1. The lowest BCUT2D eigenvalue weighted by Gasteiger charge is -2.30. The van der Waals surface area contributed by atoms with Crippen LogP contribution in [0.1, 0.15) is 23.2 Å². The number of carbonyl (C=O) groups is 1. The quantitative estimate of drug-likeness (QED) is 0.747. The molecule has 1 aliphatic rings. The second kappa shape index (κ2) is 4.94. The van der Waals surface area contributed by atoms with Crippen LogP contribution in [0.3, 0.4) is 0 Å². The Balaban J connectivity index is 2.18. The average molecular weight is 255 g/mol. The second-order valence-electron chi connectivity index (χ2n) is 4.29. The van der Waals surface area contributed by atoms with E-state index < -0.39 is 6.10 Å². The van der Waals surface area contributed by atoms with Crippen LogP contribution < -0.4 is 5.73 Å². The normalized spacial score (nSPS) is 20.4. The van der Waals surface area contributed by atoms with Crippen LogP contribution in [-0.2, 0) is 0 Å². The Morgan fingerprint density at radius 1 is 1.53 bits per heavy atom. The van der Waals surface area contributed by atoms with Gasteiger partial charge in [0.25, 0.3) is 5.91 Å². The largest absolute Gasteiger partial charge is 0.399 e. The van der Waals surface area contributed by atoms with Gasteiger partial charge >= 0.3 is 0 Å². The van der Waals surface area contributed by atoms with Crippen molar-refractivity contribution in [3.8, 4) is 0 Å². The molecular formula is C12H15ClN2O2. The third-order valence-corrected chi connectivity index (χ3v) is 3.22. The van der Waals surface area contributed by atoms with Gasteiger partial charge in [0.15, 0.2) is 0 Å². The van der Waals surface area contributed by atoms with E-state index in [4.69, 9.17) is 17.3 Å². The van der Waals surface area contributed by atoms with Gasteiger partial charge in [0.05, 0.1) is 16.7 Å². The van der Waals surface area contributed by atoms with E-state index in [2.05, 4.69) is 0 Å². The van der Waals surface area contributed by atoms with Crippen LogP contribution >= 0.6 is 11.6 Å². The summed E-state index contributed by atoms with van der Waals surface area (Å²) in [6, 6.07) is 4.84. The molecule has 1 aliphatic heterocycles. The Bertz CT molecular complexity index is 437. The number of nitrogens with two attached hydrogens (primary N) is 1. The maximum Gasteiger partial charge on any atom is 0.255 e. The van der Waals surface area contributed by atoms with E-state index in [0.717, 1.165) is 12.8 Å².